The number of rotatable bonds is 0. The number of aliphatic hydroxyl groups is 1. The first-order valence-corrected chi connectivity index (χ1v) is 4.35. The van der Waals surface area contributed by atoms with Gasteiger partial charge in [0.05, 0.1) is 5.60 Å². The minimum absolute atomic E-state index is 0.398. The van der Waals surface area contributed by atoms with E-state index in [1.54, 1.807) is 0 Å². The third-order valence-electron chi connectivity index (χ3n) is 3.22. The lowest BCUT2D eigenvalue weighted by molar-refractivity contribution is -0.0861. The fourth-order valence-corrected chi connectivity index (χ4v) is 2.17. The molecule has 3 heteroatoms. The summed E-state index contributed by atoms with van der Waals surface area (Å²) in [5.41, 5.74) is -0.434. The molecule has 2 rings (SSSR count). The van der Waals surface area contributed by atoms with E-state index in [1.807, 2.05) is 6.92 Å². The van der Waals surface area contributed by atoms with Crippen molar-refractivity contribution in [2.24, 2.45) is 11.8 Å². The monoisotopic (exact) mass is 156 g/mol. The Morgan fingerprint density at radius 3 is 1.73 bits per heavy atom. The molecule has 0 unspecified atom stereocenters. The molecule has 2 aliphatic rings. The van der Waals surface area contributed by atoms with Crippen LogP contribution in [0.25, 0.3) is 0 Å². The van der Waals surface area contributed by atoms with Crippen molar-refractivity contribution < 1.29 is 5.11 Å². The molecule has 2 fully saturated rings. The normalized spacial score (nSPS) is 50.7. The predicted octanol–water partition coefficient (Wildman–Crippen LogP) is -0.824. The summed E-state index contributed by atoms with van der Waals surface area (Å²) in [5, 5.41) is 16.8. The molecular formula is C8H16N2O. The first-order valence-electron chi connectivity index (χ1n) is 4.35. The van der Waals surface area contributed by atoms with Gasteiger partial charge >= 0.3 is 0 Å². The molecule has 0 radical (unpaired) electrons. The number of hydrogen-bond donors (Lipinski definition) is 3. The largest absolute Gasteiger partial charge is 0.389 e. The second-order valence-electron chi connectivity index (χ2n) is 3.94. The zero-order valence-corrected chi connectivity index (χ0v) is 6.93. The van der Waals surface area contributed by atoms with Crippen molar-refractivity contribution in [1.82, 2.24) is 10.6 Å². The second kappa shape index (κ2) is 2.44. The van der Waals surface area contributed by atoms with Crippen LogP contribution in [0, 0.1) is 11.8 Å². The minimum Gasteiger partial charge on any atom is -0.389 e. The maximum Gasteiger partial charge on any atom is 0.0724 e. The summed E-state index contributed by atoms with van der Waals surface area (Å²) in [4.78, 5) is 0. The smallest absolute Gasteiger partial charge is 0.0724 e. The highest BCUT2D eigenvalue weighted by atomic mass is 16.3. The summed E-state index contributed by atoms with van der Waals surface area (Å²) in [6, 6.07) is 0. The first-order chi connectivity index (χ1) is 5.21. The molecule has 3 N–H and O–H groups in total. The van der Waals surface area contributed by atoms with Crippen molar-refractivity contribution in [3.05, 3.63) is 0 Å². The van der Waals surface area contributed by atoms with Crippen LogP contribution in [0.5, 0.6) is 0 Å². The van der Waals surface area contributed by atoms with E-state index in [2.05, 4.69) is 10.6 Å². The summed E-state index contributed by atoms with van der Waals surface area (Å²) >= 11 is 0. The number of nitrogens with one attached hydrogen (secondary N) is 2. The van der Waals surface area contributed by atoms with Crippen LogP contribution < -0.4 is 10.6 Å². The topological polar surface area (TPSA) is 44.3 Å². The third-order valence-corrected chi connectivity index (χ3v) is 3.22. The Hall–Kier alpha value is -0.120. The number of hydrogen-bond acceptors (Lipinski definition) is 3. The van der Waals surface area contributed by atoms with Gasteiger partial charge in [-0.05, 0) is 6.92 Å². The minimum atomic E-state index is -0.434. The van der Waals surface area contributed by atoms with Crippen LogP contribution in [-0.4, -0.2) is 36.9 Å². The Labute approximate surface area is 67.2 Å². The van der Waals surface area contributed by atoms with Gasteiger partial charge in [-0.25, -0.2) is 0 Å². The molecule has 3 nitrogen and oxygen atoms in total. The van der Waals surface area contributed by atoms with E-state index in [0.717, 1.165) is 26.2 Å². The Bertz CT molecular complexity index is 134. The van der Waals surface area contributed by atoms with Gasteiger partial charge in [0, 0.05) is 38.0 Å². The number of fused-ring (bicyclic) bond motifs is 2. The maximum atomic E-state index is 10.1. The van der Waals surface area contributed by atoms with Gasteiger partial charge < -0.3 is 15.7 Å². The lowest BCUT2D eigenvalue weighted by atomic mass is 9.73. The Morgan fingerprint density at radius 2 is 1.45 bits per heavy atom. The van der Waals surface area contributed by atoms with Crippen molar-refractivity contribution in [2.75, 3.05) is 26.2 Å². The van der Waals surface area contributed by atoms with Gasteiger partial charge in [0.25, 0.3) is 0 Å². The molecule has 0 saturated carbocycles. The summed E-state index contributed by atoms with van der Waals surface area (Å²) in [5.74, 6) is 0.796. The third kappa shape index (κ3) is 1.08. The van der Waals surface area contributed by atoms with Crippen LogP contribution >= 0.6 is 0 Å². The van der Waals surface area contributed by atoms with E-state index in [0.29, 0.717) is 11.8 Å². The van der Waals surface area contributed by atoms with Crippen molar-refractivity contribution in [3.63, 3.8) is 0 Å². The summed E-state index contributed by atoms with van der Waals surface area (Å²) in [7, 11) is 0. The van der Waals surface area contributed by atoms with Gasteiger partial charge in [-0.15, -0.1) is 0 Å². The molecule has 2 heterocycles. The first kappa shape index (κ1) is 7.53. The lowest BCUT2D eigenvalue weighted by Crippen LogP contribution is -2.64. The summed E-state index contributed by atoms with van der Waals surface area (Å²) in [6.45, 7) is 5.80. The van der Waals surface area contributed by atoms with Gasteiger partial charge in [0.15, 0.2) is 0 Å². The van der Waals surface area contributed by atoms with Gasteiger partial charge in [-0.1, -0.05) is 0 Å². The van der Waals surface area contributed by atoms with Gasteiger partial charge in [-0.2, -0.15) is 0 Å². The van der Waals surface area contributed by atoms with Gasteiger partial charge in [-0.3, -0.25) is 0 Å². The molecule has 11 heavy (non-hydrogen) atoms. The highest BCUT2D eigenvalue weighted by Gasteiger charge is 2.44. The second-order valence-corrected chi connectivity index (χ2v) is 3.94. The van der Waals surface area contributed by atoms with Gasteiger partial charge in [0.1, 0.15) is 0 Å². The summed E-state index contributed by atoms with van der Waals surface area (Å²) < 4.78 is 0. The average molecular weight is 156 g/mol. The van der Waals surface area contributed by atoms with Crippen molar-refractivity contribution in [3.8, 4) is 0 Å². The molecule has 2 aliphatic heterocycles. The molecule has 0 spiro atoms. The van der Waals surface area contributed by atoms with E-state index in [1.165, 1.54) is 0 Å². The van der Waals surface area contributed by atoms with Crippen LogP contribution in [0.3, 0.4) is 0 Å². The van der Waals surface area contributed by atoms with E-state index in [9.17, 15) is 5.11 Å². The Kier molecular flexibility index (Phi) is 1.67. The standard InChI is InChI=1S/C8H16N2O/c1-8(11)6-2-9-4-7(8)5-10-3-6/h6-7,9-11H,2-5H2,1H3. The van der Waals surface area contributed by atoms with Gasteiger partial charge in [0.2, 0.25) is 0 Å². The van der Waals surface area contributed by atoms with E-state index in [4.69, 9.17) is 0 Å². The molecule has 0 aromatic rings. The molecule has 0 amide bonds. The molecular weight excluding hydrogens is 140 g/mol. The highest BCUT2D eigenvalue weighted by Crippen LogP contribution is 2.30. The van der Waals surface area contributed by atoms with Crippen molar-refractivity contribution in [1.29, 1.82) is 0 Å². The average Bonchev–Trinajstić information content (AvgIpc) is 1.82. The lowest BCUT2D eigenvalue weighted by Gasteiger charge is -2.48. The Balaban J connectivity index is 2.17. The quantitative estimate of drug-likeness (QED) is 0.429. The summed E-state index contributed by atoms with van der Waals surface area (Å²) in [6.07, 6.45) is 0. The zero-order chi connectivity index (χ0) is 7.90. The van der Waals surface area contributed by atoms with Crippen LogP contribution in [0.15, 0.2) is 0 Å². The van der Waals surface area contributed by atoms with E-state index < -0.39 is 5.60 Å². The van der Waals surface area contributed by atoms with Crippen LogP contribution in [0.2, 0.25) is 0 Å². The molecule has 0 atom stereocenters. The zero-order valence-electron chi connectivity index (χ0n) is 6.93. The maximum absolute atomic E-state index is 10.1. The molecule has 0 aromatic heterocycles. The molecule has 0 aliphatic carbocycles. The van der Waals surface area contributed by atoms with E-state index >= 15 is 0 Å². The predicted molar refractivity (Wildman–Crippen MR) is 43.3 cm³/mol. The van der Waals surface area contributed by atoms with Crippen molar-refractivity contribution in [2.45, 2.75) is 12.5 Å². The number of piperidine rings is 2. The SMILES string of the molecule is CC1(O)C2CNCC1CNC2. The molecule has 2 saturated heterocycles. The van der Waals surface area contributed by atoms with E-state index in [-0.39, 0.29) is 0 Å². The van der Waals surface area contributed by atoms with Crippen LogP contribution in [0.1, 0.15) is 6.92 Å². The fourth-order valence-electron chi connectivity index (χ4n) is 2.17. The molecule has 2 bridgehead atoms. The van der Waals surface area contributed by atoms with Crippen LogP contribution in [-0.2, 0) is 0 Å². The highest BCUT2D eigenvalue weighted by molar-refractivity contribution is 4.99. The Morgan fingerprint density at radius 1 is 1.09 bits per heavy atom. The molecule has 0 aromatic carbocycles. The van der Waals surface area contributed by atoms with Crippen LogP contribution in [0.4, 0.5) is 0 Å². The van der Waals surface area contributed by atoms with Crippen molar-refractivity contribution >= 4 is 0 Å². The fraction of sp³-hybridized carbons (Fsp3) is 1.00. The molecule has 64 valence electrons.